The summed E-state index contributed by atoms with van der Waals surface area (Å²) in [5.41, 5.74) is 6.77. The van der Waals surface area contributed by atoms with Crippen LogP contribution in [0.3, 0.4) is 0 Å². The smallest absolute Gasteiger partial charge is 0.273 e. The summed E-state index contributed by atoms with van der Waals surface area (Å²) in [6, 6.07) is 8.80. The van der Waals surface area contributed by atoms with Crippen molar-refractivity contribution >= 4 is 17.5 Å². The summed E-state index contributed by atoms with van der Waals surface area (Å²) in [5.74, 6) is 0.787. The summed E-state index contributed by atoms with van der Waals surface area (Å²) >= 11 is 5.84. The largest absolute Gasteiger partial charge is 0.355 e. The van der Waals surface area contributed by atoms with E-state index < -0.39 is 0 Å². The van der Waals surface area contributed by atoms with E-state index in [1.165, 1.54) is 0 Å². The number of nitrogens with one attached hydrogen (secondary N) is 1. The fraction of sp³-hybridized carbons (Fsp3) is 0.333. The Bertz CT molecular complexity index is 635. The number of halogens is 1. The Morgan fingerprint density at radius 2 is 2.14 bits per heavy atom. The highest BCUT2D eigenvalue weighted by Gasteiger charge is 2.31. The number of benzene rings is 1. The fourth-order valence-electron chi connectivity index (χ4n) is 2.24. The lowest BCUT2D eigenvalue weighted by atomic mass is 10.1. The topological polar surface area (TPSA) is 81.1 Å². The van der Waals surface area contributed by atoms with Crippen LogP contribution in [0, 0.1) is 5.92 Å². The normalized spacial score (nSPS) is 15.7. The molecule has 1 amide bonds. The lowest BCUT2D eigenvalue weighted by Crippen LogP contribution is -2.41. The molecule has 0 aliphatic heterocycles. The first-order chi connectivity index (χ1) is 10.2. The van der Waals surface area contributed by atoms with Gasteiger partial charge in [-0.2, -0.15) is 0 Å². The van der Waals surface area contributed by atoms with Gasteiger partial charge in [0.1, 0.15) is 0 Å². The highest BCUT2D eigenvalue weighted by atomic mass is 35.5. The van der Waals surface area contributed by atoms with E-state index in [1.54, 1.807) is 18.2 Å². The Hall–Kier alpha value is -1.85. The number of nitrogens with two attached hydrogens (primary N) is 1. The standard InChI is InChI=1S/C15H16ClN3O2/c16-11-5-3-10(4-6-11)14-7-12(19-21-14)15(20)18-13(8-17)9-1-2-9/h3-7,9,13H,1-2,8,17H2,(H,18,20). The van der Waals surface area contributed by atoms with Crippen LogP contribution in [-0.4, -0.2) is 23.7 Å². The first-order valence-corrected chi connectivity index (χ1v) is 7.29. The van der Waals surface area contributed by atoms with Crippen molar-refractivity contribution in [2.45, 2.75) is 18.9 Å². The van der Waals surface area contributed by atoms with Crippen molar-refractivity contribution < 1.29 is 9.32 Å². The lowest BCUT2D eigenvalue weighted by molar-refractivity contribution is 0.0924. The minimum absolute atomic E-state index is 0.0215. The summed E-state index contributed by atoms with van der Waals surface area (Å²) < 4.78 is 5.22. The van der Waals surface area contributed by atoms with E-state index >= 15 is 0 Å². The summed E-state index contributed by atoms with van der Waals surface area (Å²) in [4.78, 5) is 12.1. The van der Waals surface area contributed by atoms with Crippen LogP contribution in [0.15, 0.2) is 34.9 Å². The second-order valence-electron chi connectivity index (χ2n) is 5.24. The molecule has 1 atom stereocenters. The molecule has 0 spiro atoms. The van der Waals surface area contributed by atoms with Gasteiger partial charge in [-0.1, -0.05) is 16.8 Å². The van der Waals surface area contributed by atoms with Crippen LogP contribution < -0.4 is 11.1 Å². The van der Waals surface area contributed by atoms with E-state index in [-0.39, 0.29) is 17.6 Å². The number of carbonyl (C=O) groups excluding carboxylic acids is 1. The Morgan fingerprint density at radius 3 is 2.76 bits per heavy atom. The van der Waals surface area contributed by atoms with Crippen LogP contribution in [0.25, 0.3) is 11.3 Å². The molecule has 3 N–H and O–H groups in total. The maximum atomic E-state index is 12.1. The Labute approximate surface area is 127 Å². The van der Waals surface area contributed by atoms with Crippen molar-refractivity contribution in [2.24, 2.45) is 11.7 Å². The number of aromatic nitrogens is 1. The predicted molar refractivity (Wildman–Crippen MR) is 80.0 cm³/mol. The van der Waals surface area contributed by atoms with Gasteiger partial charge in [-0.05, 0) is 43.0 Å². The van der Waals surface area contributed by atoms with E-state index in [0.29, 0.717) is 23.2 Å². The van der Waals surface area contributed by atoms with E-state index in [9.17, 15) is 4.79 Å². The minimum atomic E-state index is -0.249. The van der Waals surface area contributed by atoms with E-state index in [0.717, 1.165) is 18.4 Å². The van der Waals surface area contributed by atoms with Crippen molar-refractivity contribution in [2.75, 3.05) is 6.54 Å². The molecule has 1 aromatic heterocycles. The highest BCUT2D eigenvalue weighted by molar-refractivity contribution is 6.30. The van der Waals surface area contributed by atoms with Gasteiger partial charge in [0.05, 0.1) is 0 Å². The number of hydrogen-bond acceptors (Lipinski definition) is 4. The van der Waals surface area contributed by atoms with Crippen molar-refractivity contribution in [1.82, 2.24) is 10.5 Å². The van der Waals surface area contributed by atoms with Gasteiger partial charge in [-0.15, -0.1) is 0 Å². The molecule has 1 aliphatic carbocycles. The number of rotatable bonds is 5. The molecular weight excluding hydrogens is 290 g/mol. The number of nitrogens with zero attached hydrogens (tertiary/aromatic N) is 1. The van der Waals surface area contributed by atoms with Crippen molar-refractivity contribution in [1.29, 1.82) is 0 Å². The molecular formula is C15H16ClN3O2. The van der Waals surface area contributed by atoms with Gasteiger partial charge >= 0.3 is 0 Å². The molecule has 1 aromatic carbocycles. The molecule has 1 fully saturated rings. The summed E-state index contributed by atoms with van der Waals surface area (Å²) in [6.07, 6.45) is 2.24. The molecule has 3 rings (SSSR count). The Balaban J connectivity index is 1.71. The third-order valence-corrected chi connectivity index (χ3v) is 3.88. The first-order valence-electron chi connectivity index (χ1n) is 6.91. The van der Waals surface area contributed by atoms with Gasteiger partial charge in [-0.3, -0.25) is 4.79 Å². The summed E-state index contributed by atoms with van der Waals surface area (Å²) in [6.45, 7) is 0.443. The quantitative estimate of drug-likeness (QED) is 0.889. The second-order valence-corrected chi connectivity index (χ2v) is 5.67. The van der Waals surface area contributed by atoms with Crippen LogP contribution in [0.5, 0.6) is 0 Å². The SMILES string of the molecule is NCC(NC(=O)c1cc(-c2ccc(Cl)cc2)on1)C1CC1. The van der Waals surface area contributed by atoms with E-state index in [1.807, 2.05) is 12.1 Å². The molecule has 1 heterocycles. The average molecular weight is 306 g/mol. The molecule has 2 aromatic rings. The van der Waals surface area contributed by atoms with Gasteiger partial charge in [-0.25, -0.2) is 0 Å². The third-order valence-electron chi connectivity index (χ3n) is 3.63. The summed E-state index contributed by atoms with van der Waals surface area (Å²) in [5, 5.41) is 7.38. The van der Waals surface area contributed by atoms with Crippen molar-refractivity contribution in [3.8, 4) is 11.3 Å². The zero-order valence-electron chi connectivity index (χ0n) is 11.4. The van der Waals surface area contributed by atoms with E-state index in [2.05, 4.69) is 10.5 Å². The molecule has 5 nitrogen and oxygen atoms in total. The minimum Gasteiger partial charge on any atom is -0.355 e. The Morgan fingerprint density at radius 1 is 1.43 bits per heavy atom. The van der Waals surface area contributed by atoms with Gasteiger partial charge in [0.15, 0.2) is 11.5 Å². The third kappa shape index (κ3) is 3.25. The lowest BCUT2D eigenvalue weighted by Gasteiger charge is -2.14. The molecule has 1 aliphatic rings. The fourth-order valence-corrected chi connectivity index (χ4v) is 2.37. The number of carbonyl (C=O) groups is 1. The molecule has 0 saturated heterocycles. The molecule has 1 unspecified atom stereocenters. The van der Waals surface area contributed by atoms with Crippen molar-refractivity contribution in [3.05, 3.63) is 41.0 Å². The second kappa shape index (κ2) is 5.87. The van der Waals surface area contributed by atoms with Gasteiger partial charge in [0, 0.05) is 29.2 Å². The van der Waals surface area contributed by atoms with Crippen LogP contribution in [0.1, 0.15) is 23.3 Å². The molecule has 6 heteroatoms. The maximum absolute atomic E-state index is 12.1. The monoisotopic (exact) mass is 305 g/mol. The van der Waals surface area contributed by atoms with Crippen LogP contribution >= 0.6 is 11.6 Å². The highest BCUT2D eigenvalue weighted by Crippen LogP contribution is 2.32. The average Bonchev–Trinajstić information content (AvgIpc) is 3.21. The van der Waals surface area contributed by atoms with Crippen molar-refractivity contribution in [3.63, 3.8) is 0 Å². The molecule has 0 radical (unpaired) electrons. The number of hydrogen-bond donors (Lipinski definition) is 2. The molecule has 21 heavy (non-hydrogen) atoms. The Kier molecular flexibility index (Phi) is 3.94. The van der Waals surface area contributed by atoms with Gasteiger partial charge < -0.3 is 15.6 Å². The maximum Gasteiger partial charge on any atom is 0.273 e. The van der Waals surface area contributed by atoms with Gasteiger partial charge in [0.2, 0.25) is 0 Å². The van der Waals surface area contributed by atoms with E-state index in [4.69, 9.17) is 21.9 Å². The van der Waals surface area contributed by atoms with Gasteiger partial charge in [0.25, 0.3) is 5.91 Å². The van der Waals surface area contributed by atoms with Crippen LogP contribution in [0.4, 0.5) is 0 Å². The predicted octanol–water partition coefficient (Wildman–Crippen LogP) is 2.46. The molecule has 1 saturated carbocycles. The first kappa shape index (κ1) is 14.1. The number of amides is 1. The summed E-state index contributed by atoms with van der Waals surface area (Å²) in [7, 11) is 0. The van der Waals surface area contributed by atoms with Crippen LogP contribution in [0.2, 0.25) is 5.02 Å². The zero-order valence-corrected chi connectivity index (χ0v) is 12.1. The zero-order chi connectivity index (χ0) is 14.8. The molecule has 110 valence electrons. The molecule has 0 bridgehead atoms. The van der Waals surface area contributed by atoms with Crippen LogP contribution in [-0.2, 0) is 0 Å².